The fraction of sp³-hybridized carbons (Fsp3) is 0.250. The first-order valence-electron chi connectivity index (χ1n) is 3.75. The molecule has 2 aliphatic rings. The Bertz CT molecular complexity index is 380. The number of epoxide rings is 1. The molecule has 1 fully saturated rings. The summed E-state index contributed by atoms with van der Waals surface area (Å²) in [5, 5.41) is 18.6. The highest BCUT2D eigenvalue weighted by atomic mass is 16.6. The Kier molecular flexibility index (Phi) is 0.851. The van der Waals surface area contributed by atoms with Crippen LogP contribution in [0, 0.1) is 0 Å². The second-order valence-corrected chi connectivity index (χ2v) is 3.03. The molecule has 0 radical (unpaired) electrons. The first kappa shape index (κ1) is 6.14. The van der Waals surface area contributed by atoms with E-state index in [0.717, 1.165) is 0 Å². The summed E-state index contributed by atoms with van der Waals surface area (Å²) >= 11 is 0. The van der Waals surface area contributed by atoms with Crippen LogP contribution in [0.1, 0.15) is 17.2 Å². The van der Waals surface area contributed by atoms with Gasteiger partial charge in [-0.15, -0.1) is 0 Å². The molecule has 3 rings (SSSR count). The number of rotatable bonds is 0. The summed E-state index contributed by atoms with van der Waals surface area (Å²) in [6, 6.07) is 0. The fourth-order valence-electron chi connectivity index (χ4n) is 1.65. The van der Waals surface area contributed by atoms with Crippen molar-refractivity contribution in [3.8, 4) is 11.8 Å². The number of hydrogen-bond acceptors (Lipinski definition) is 3. The maximum absolute atomic E-state index is 9.34. The molecule has 2 unspecified atom stereocenters. The van der Waals surface area contributed by atoms with E-state index < -0.39 is 0 Å². The van der Waals surface area contributed by atoms with Crippen LogP contribution in [0.4, 0.5) is 0 Å². The van der Waals surface area contributed by atoms with Gasteiger partial charge in [-0.25, -0.2) is 0 Å². The average molecular weight is 165 g/mol. The number of ether oxygens (including phenoxy) is 1. The number of aromatic amines is 1. The van der Waals surface area contributed by atoms with Crippen molar-refractivity contribution >= 4 is 6.08 Å². The van der Waals surface area contributed by atoms with E-state index >= 15 is 0 Å². The summed E-state index contributed by atoms with van der Waals surface area (Å²) in [6.45, 7) is 0. The normalized spacial score (nSPS) is 29.7. The number of hydrogen-bond donors (Lipinski definition) is 3. The smallest absolute Gasteiger partial charge is 0.199 e. The molecule has 4 heteroatoms. The summed E-state index contributed by atoms with van der Waals surface area (Å²) in [6.07, 6.45) is 3.68. The third-order valence-corrected chi connectivity index (χ3v) is 2.30. The molecule has 0 amide bonds. The monoisotopic (exact) mass is 165 g/mol. The van der Waals surface area contributed by atoms with Crippen LogP contribution in [0.2, 0.25) is 0 Å². The zero-order valence-electron chi connectivity index (χ0n) is 6.11. The van der Waals surface area contributed by atoms with E-state index in [-0.39, 0.29) is 24.0 Å². The van der Waals surface area contributed by atoms with Crippen molar-refractivity contribution in [1.29, 1.82) is 0 Å². The molecule has 3 N–H and O–H groups in total. The van der Waals surface area contributed by atoms with Crippen molar-refractivity contribution < 1.29 is 14.9 Å². The Morgan fingerprint density at radius 2 is 2.17 bits per heavy atom. The van der Waals surface area contributed by atoms with Crippen molar-refractivity contribution in [1.82, 2.24) is 4.98 Å². The molecule has 0 saturated carbocycles. The van der Waals surface area contributed by atoms with Crippen LogP contribution >= 0.6 is 0 Å². The second kappa shape index (κ2) is 1.67. The van der Waals surface area contributed by atoms with Gasteiger partial charge in [0.25, 0.3) is 0 Å². The largest absolute Gasteiger partial charge is 0.494 e. The quantitative estimate of drug-likeness (QED) is 0.500. The highest BCUT2D eigenvalue weighted by molar-refractivity contribution is 5.67. The van der Waals surface area contributed by atoms with Gasteiger partial charge in [-0.05, 0) is 0 Å². The minimum absolute atomic E-state index is 0.00713. The van der Waals surface area contributed by atoms with Crippen molar-refractivity contribution in [2.24, 2.45) is 0 Å². The van der Waals surface area contributed by atoms with Crippen molar-refractivity contribution in [2.45, 2.75) is 12.2 Å². The molecule has 62 valence electrons. The average Bonchev–Trinajstić information content (AvgIpc) is 2.74. The lowest BCUT2D eigenvalue weighted by Crippen LogP contribution is -1.90. The van der Waals surface area contributed by atoms with Crippen LogP contribution in [0.3, 0.4) is 0 Å². The Hall–Kier alpha value is -1.42. The van der Waals surface area contributed by atoms with E-state index in [9.17, 15) is 10.2 Å². The molecule has 1 aromatic heterocycles. The molecule has 1 aliphatic heterocycles. The van der Waals surface area contributed by atoms with Gasteiger partial charge in [0.05, 0.1) is 5.56 Å². The molecule has 0 spiro atoms. The van der Waals surface area contributed by atoms with Gasteiger partial charge in [-0.1, -0.05) is 12.2 Å². The number of H-pyrrole nitrogens is 1. The molecule has 2 heterocycles. The van der Waals surface area contributed by atoms with Gasteiger partial charge >= 0.3 is 0 Å². The molecule has 4 nitrogen and oxygen atoms in total. The first-order valence-corrected chi connectivity index (χ1v) is 3.75. The minimum Gasteiger partial charge on any atom is -0.494 e. The predicted molar refractivity (Wildman–Crippen MR) is 40.8 cm³/mol. The van der Waals surface area contributed by atoms with Crippen LogP contribution in [-0.4, -0.2) is 21.3 Å². The second-order valence-electron chi connectivity index (χ2n) is 3.03. The van der Waals surface area contributed by atoms with E-state index in [0.29, 0.717) is 11.1 Å². The molecule has 0 aromatic carbocycles. The highest BCUT2D eigenvalue weighted by Gasteiger charge is 2.45. The van der Waals surface area contributed by atoms with Gasteiger partial charge in [0.15, 0.2) is 11.8 Å². The van der Waals surface area contributed by atoms with Gasteiger partial charge in [-0.3, -0.25) is 4.98 Å². The van der Waals surface area contributed by atoms with E-state index in [1.54, 1.807) is 6.08 Å². The van der Waals surface area contributed by atoms with Crippen LogP contribution in [0.5, 0.6) is 11.8 Å². The lowest BCUT2D eigenvalue weighted by molar-refractivity contribution is 0.383. The van der Waals surface area contributed by atoms with Gasteiger partial charge in [0.2, 0.25) is 0 Å². The molecule has 1 aromatic rings. The van der Waals surface area contributed by atoms with E-state index in [2.05, 4.69) is 4.98 Å². The summed E-state index contributed by atoms with van der Waals surface area (Å²) in [5.41, 5.74) is 1.33. The summed E-state index contributed by atoms with van der Waals surface area (Å²) < 4.78 is 5.22. The van der Waals surface area contributed by atoms with E-state index in [1.165, 1.54) is 0 Å². The van der Waals surface area contributed by atoms with Crippen LogP contribution < -0.4 is 0 Å². The zero-order valence-corrected chi connectivity index (χ0v) is 6.11. The van der Waals surface area contributed by atoms with Crippen LogP contribution in [-0.2, 0) is 4.74 Å². The Morgan fingerprint density at radius 3 is 3.00 bits per heavy atom. The van der Waals surface area contributed by atoms with Gasteiger partial charge in [-0.2, -0.15) is 0 Å². The topological polar surface area (TPSA) is 68.8 Å². The van der Waals surface area contributed by atoms with Crippen molar-refractivity contribution in [3.63, 3.8) is 0 Å². The van der Waals surface area contributed by atoms with Crippen LogP contribution in [0.15, 0.2) is 6.08 Å². The molecule has 2 atom stereocenters. The summed E-state index contributed by atoms with van der Waals surface area (Å²) in [5.74, 6) is 0.0204. The molecule has 12 heavy (non-hydrogen) atoms. The lowest BCUT2D eigenvalue weighted by Gasteiger charge is -1.98. The maximum Gasteiger partial charge on any atom is 0.199 e. The van der Waals surface area contributed by atoms with Gasteiger partial charge in [0, 0.05) is 5.56 Å². The Labute approximate surface area is 68.1 Å². The number of aromatic hydroxyl groups is 2. The van der Waals surface area contributed by atoms with Crippen LogP contribution in [0.25, 0.3) is 6.08 Å². The van der Waals surface area contributed by atoms with Crippen molar-refractivity contribution in [2.75, 3.05) is 0 Å². The van der Waals surface area contributed by atoms with Gasteiger partial charge in [0.1, 0.15) is 12.2 Å². The molecular formula is C8H7NO3. The summed E-state index contributed by atoms with van der Waals surface area (Å²) in [7, 11) is 0. The summed E-state index contributed by atoms with van der Waals surface area (Å²) in [4.78, 5) is 2.45. The number of fused-ring (bicyclic) bond motifs is 3. The fourth-order valence-corrected chi connectivity index (χ4v) is 1.65. The van der Waals surface area contributed by atoms with E-state index in [1.807, 2.05) is 6.08 Å². The van der Waals surface area contributed by atoms with Gasteiger partial charge < -0.3 is 14.9 Å². The Balaban J connectivity index is 2.29. The third kappa shape index (κ3) is 0.563. The number of aromatic nitrogens is 1. The first-order chi connectivity index (χ1) is 5.77. The lowest BCUT2D eigenvalue weighted by atomic mass is 10.0. The zero-order chi connectivity index (χ0) is 8.29. The molecule has 0 bridgehead atoms. The molecular weight excluding hydrogens is 158 g/mol. The predicted octanol–water partition coefficient (Wildman–Crippen LogP) is 0.893. The van der Waals surface area contributed by atoms with E-state index in [4.69, 9.17) is 4.74 Å². The highest BCUT2D eigenvalue weighted by Crippen LogP contribution is 2.50. The Morgan fingerprint density at radius 1 is 1.33 bits per heavy atom. The SMILES string of the molecule is Oc1[nH]c(O)c2c1C=CC1OC21. The minimum atomic E-state index is -0.0536. The molecule has 1 saturated heterocycles. The molecule has 1 aliphatic carbocycles. The number of nitrogens with one attached hydrogen (secondary N) is 1. The van der Waals surface area contributed by atoms with Crippen molar-refractivity contribution in [3.05, 3.63) is 17.2 Å². The third-order valence-electron chi connectivity index (χ3n) is 2.30. The standard InChI is InChI=1S/C8H7NO3/c10-7-3-1-2-4-6(12-4)5(3)8(11)9-7/h1-2,4,6,9-11H. The maximum atomic E-state index is 9.34.